The predicted molar refractivity (Wildman–Crippen MR) is 104 cm³/mol. The van der Waals surface area contributed by atoms with E-state index in [1.165, 1.54) is 12.1 Å². The normalized spacial score (nSPS) is 13.5. The Hall–Kier alpha value is -3.20. The summed E-state index contributed by atoms with van der Waals surface area (Å²) in [6.45, 7) is 2.67. The third-order valence-corrected chi connectivity index (χ3v) is 5.26. The Morgan fingerprint density at radius 3 is 2.76 bits per heavy atom. The summed E-state index contributed by atoms with van der Waals surface area (Å²) in [7, 11) is 0. The summed E-state index contributed by atoms with van der Waals surface area (Å²) in [6, 6.07) is 9.02. The molecule has 1 aromatic heterocycles. The zero-order chi connectivity index (χ0) is 20.4. The first-order valence-electron chi connectivity index (χ1n) is 8.98. The van der Waals surface area contributed by atoms with E-state index in [9.17, 15) is 14.0 Å². The molecule has 3 aromatic rings. The van der Waals surface area contributed by atoms with Gasteiger partial charge in [0.05, 0.1) is 16.8 Å². The average molecular weight is 416 g/mol. The van der Waals surface area contributed by atoms with E-state index in [1.807, 2.05) is 0 Å². The van der Waals surface area contributed by atoms with E-state index in [0.29, 0.717) is 40.5 Å². The van der Waals surface area contributed by atoms with E-state index in [1.54, 1.807) is 35.8 Å². The highest BCUT2D eigenvalue weighted by molar-refractivity contribution is 7.16. The second-order valence-electron chi connectivity index (χ2n) is 6.16. The number of nitrogens with zero attached hydrogens (tertiary/aromatic N) is 2. The van der Waals surface area contributed by atoms with Gasteiger partial charge in [-0.2, -0.15) is 4.99 Å². The number of rotatable bonds is 4. The third-order valence-electron chi connectivity index (χ3n) is 4.22. The van der Waals surface area contributed by atoms with Gasteiger partial charge in [-0.3, -0.25) is 9.59 Å². The van der Waals surface area contributed by atoms with Crippen molar-refractivity contribution in [1.82, 2.24) is 4.57 Å². The summed E-state index contributed by atoms with van der Waals surface area (Å²) in [5, 5.41) is 0. The highest BCUT2D eigenvalue weighted by Gasteiger charge is 2.16. The maximum atomic E-state index is 13.6. The van der Waals surface area contributed by atoms with Gasteiger partial charge < -0.3 is 18.8 Å². The Morgan fingerprint density at radius 1 is 1.17 bits per heavy atom. The van der Waals surface area contributed by atoms with Gasteiger partial charge in [-0.1, -0.05) is 11.3 Å². The van der Waals surface area contributed by atoms with Crippen molar-refractivity contribution in [3.63, 3.8) is 0 Å². The molecule has 2 aromatic carbocycles. The zero-order valence-electron chi connectivity index (χ0n) is 15.5. The van der Waals surface area contributed by atoms with Crippen LogP contribution in [-0.2, 0) is 16.1 Å². The number of hydrogen-bond acceptors (Lipinski definition) is 6. The van der Waals surface area contributed by atoms with Crippen LogP contribution in [0.1, 0.15) is 17.3 Å². The monoisotopic (exact) mass is 416 g/mol. The zero-order valence-corrected chi connectivity index (χ0v) is 16.3. The third kappa shape index (κ3) is 4.00. The molecule has 0 saturated heterocycles. The molecule has 0 unspecified atom stereocenters. The number of fused-ring (bicyclic) bond motifs is 2. The van der Waals surface area contributed by atoms with E-state index in [2.05, 4.69) is 4.99 Å². The minimum absolute atomic E-state index is 0.132. The van der Waals surface area contributed by atoms with Crippen LogP contribution in [-0.4, -0.2) is 36.3 Å². The molecule has 0 aliphatic carbocycles. The fourth-order valence-corrected chi connectivity index (χ4v) is 4.00. The molecule has 2 heterocycles. The van der Waals surface area contributed by atoms with Gasteiger partial charge in [0.25, 0.3) is 5.91 Å². The standard InChI is InChI=1S/C20H17FN2O5S/c1-2-26-18(24)11-23-14-5-4-13(21)10-17(14)29-20(23)22-19(25)12-3-6-15-16(9-12)28-8-7-27-15/h3-6,9-10H,2,7-8,11H2,1H3. The molecule has 1 amide bonds. The number of halogens is 1. The first-order valence-corrected chi connectivity index (χ1v) is 9.80. The topological polar surface area (TPSA) is 79.1 Å². The van der Waals surface area contributed by atoms with Gasteiger partial charge in [0, 0.05) is 5.56 Å². The molecule has 0 bridgehead atoms. The molecule has 150 valence electrons. The Labute approximate surface area is 169 Å². The van der Waals surface area contributed by atoms with E-state index in [0.717, 1.165) is 11.3 Å². The largest absolute Gasteiger partial charge is 0.486 e. The number of aromatic nitrogens is 1. The summed E-state index contributed by atoms with van der Waals surface area (Å²) in [6.07, 6.45) is 0. The number of thiazole rings is 1. The number of benzene rings is 2. The molecule has 0 radical (unpaired) electrons. The van der Waals surface area contributed by atoms with Crippen LogP contribution in [0.3, 0.4) is 0 Å². The molecule has 1 aliphatic rings. The molecule has 0 atom stereocenters. The molecule has 0 fully saturated rings. The van der Waals surface area contributed by atoms with Gasteiger partial charge in [-0.25, -0.2) is 4.39 Å². The Morgan fingerprint density at radius 2 is 1.97 bits per heavy atom. The molecule has 0 saturated carbocycles. The second-order valence-corrected chi connectivity index (χ2v) is 7.17. The van der Waals surface area contributed by atoms with Crippen molar-refractivity contribution in [3.8, 4) is 11.5 Å². The number of ether oxygens (including phenoxy) is 3. The lowest BCUT2D eigenvalue weighted by Crippen LogP contribution is -2.23. The highest BCUT2D eigenvalue weighted by atomic mass is 32.1. The summed E-state index contributed by atoms with van der Waals surface area (Å²) in [5.41, 5.74) is 0.916. The Balaban J connectivity index is 1.76. The van der Waals surface area contributed by atoms with Crippen LogP contribution in [0.5, 0.6) is 11.5 Å². The Bertz CT molecular complexity index is 1170. The predicted octanol–water partition coefficient (Wildman–Crippen LogP) is 2.92. The van der Waals surface area contributed by atoms with Crippen molar-refractivity contribution in [2.45, 2.75) is 13.5 Å². The van der Waals surface area contributed by atoms with Gasteiger partial charge >= 0.3 is 5.97 Å². The van der Waals surface area contributed by atoms with E-state index in [4.69, 9.17) is 14.2 Å². The molecule has 0 spiro atoms. The van der Waals surface area contributed by atoms with Crippen LogP contribution >= 0.6 is 11.3 Å². The average Bonchev–Trinajstić information content (AvgIpc) is 3.03. The molecule has 0 N–H and O–H groups in total. The lowest BCUT2D eigenvalue weighted by molar-refractivity contribution is -0.143. The minimum atomic E-state index is -0.508. The van der Waals surface area contributed by atoms with Crippen molar-refractivity contribution in [3.05, 3.63) is 52.6 Å². The van der Waals surface area contributed by atoms with Crippen molar-refractivity contribution in [2.24, 2.45) is 4.99 Å². The lowest BCUT2D eigenvalue weighted by Gasteiger charge is -2.18. The molecular formula is C20H17FN2O5S. The first-order chi connectivity index (χ1) is 14.0. The molecule has 1 aliphatic heterocycles. The molecule has 7 nitrogen and oxygen atoms in total. The maximum absolute atomic E-state index is 13.6. The molecule has 9 heteroatoms. The van der Waals surface area contributed by atoms with Gasteiger partial charge in [0.2, 0.25) is 0 Å². The lowest BCUT2D eigenvalue weighted by atomic mass is 10.2. The molecular weight excluding hydrogens is 399 g/mol. The fraction of sp³-hybridized carbons (Fsp3) is 0.250. The van der Waals surface area contributed by atoms with Crippen molar-refractivity contribution < 1.29 is 28.2 Å². The minimum Gasteiger partial charge on any atom is -0.486 e. The number of carbonyl (C=O) groups excluding carboxylic acids is 2. The van der Waals surface area contributed by atoms with Crippen LogP contribution in [0.4, 0.5) is 4.39 Å². The highest BCUT2D eigenvalue weighted by Crippen LogP contribution is 2.31. The van der Waals surface area contributed by atoms with Crippen LogP contribution in [0.15, 0.2) is 41.4 Å². The van der Waals surface area contributed by atoms with Gasteiger partial charge in [-0.15, -0.1) is 0 Å². The molecule has 4 rings (SSSR count). The quantitative estimate of drug-likeness (QED) is 0.611. The SMILES string of the molecule is CCOC(=O)Cn1c(=NC(=O)c2ccc3c(c2)OCCO3)sc2cc(F)ccc21. The van der Waals surface area contributed by atoms with Crippen molar-refractivity contribution in [2.75, 3.05) is 19.8 Å². The molecule has 29 heavy (non-hydrogen) atoms. The number of amides is 1. The maximum Gasteiger partial charge on any atom is 0.326 e. The first kappa shape index (κ1) is 19.1. The van der Waals surface area contributed by atoms with Crippen LogP contribution in [0.25, 0.3) is 10.2 Å². The van der Waals surface area contributed by atoms with E-state index < -0.39 is 17.7 Å². The second kappa shape index (κ2) is 8.04. The fourth-order valence-electron chi connectivity index (χ4n) is 2.95. The van der Waals surface area contributed by atoms with Gasteiger partial charge in [-0.05, 0) is 43.3 Å². The summed E-state index contributed by atoms with van der Waals surface area (Å²) in [5.74, 6) is -0.333. The number of esters is 1. The summed E-state index contributed by atoms with van der Waals surface area (Å²) < 4.78 is 31.7. The van der Waals surface area contributed by atoms with Crippen LogP contribution in [0.2, 0.25) is 0 Å². The number of carbonyl (C=O) groups is 2. The van der Waals surface area contributed by atoms with Crippen LogP contribution in [0, 0.1) is 5.82 Å². The van der Waals surface area contributed by atoms with Gasteiger partial charge in [0.15, 0.2) is 16.3 Å². The number of hydrogen-bond donors (Lipinski definition) is 0. The van der Waals surface area contributed by atoms with E-state index in [-0.39, 0.29) is 18.0 Å². The smallest absolute Gasteiger partial charge is 0.326 e. The Kier molecular flexibility index (Phi) is 5.30. The summed E-state index contributed by atoms with van der Waals surface area (Å²) >= 11 is 1.12. The van der Waals surface area contributed by atoms with Gasteiger partial charge in [0.1, 0.15) is 25.6 Å². The van der Waals surface area contributed by atoms with Crippen LogP contribution < -0.4 is 14.3 Å². The van der Waals surface area contributed by atoms with E-state index >= 15 is 0 Å². The van der Waals surface area contributed by atoms with Crippen molar-refractivity contribution in [1.29, 1.82) is 0 Å². The summed E-state index contributed by atoms with van der Waals surface area (Å²) in [4.78, 5) is 29.2. The van der Waals surface area contributed by atoms with Crippen molar-refractivity contribution >= 4 is 33.4 Å².